The van der Waals surface area contributed by atoms with Crippen molar-refractivity contribution in [2.45, 2.75) is 53.0 Å². The van der Waals surface area contributed by atoms with E-state index in [1.54, 1.807) is 20.8 Å². The molecule has 0 aromatic rings. The summed E-state index contributed by atoms with van der Waals surface area (Å²) in [4.78, 5) is 26.9. The first kappa shape index (κ1) is 18.6. The molecule has 0 spiro atoms. The highest BCUT2D eigenvalue weighted by Crippen LogP contribution is 2.74. The Balaban J connectivity index is 2.13. The Hall–Kier alpha value is -0.220. The lowest BCUT2D eigenvalue weighted by Gasteiger charge is -2.42. The number of aliphatic hydroxyl groups is 1. The monoisotopic (exact) mass is 469 g/mol. The van der Waals surface area contributed by atoms with E-state index >= 15 is 0 Å². The van der Waals surface area contributed by atoms with Crippen molar-refractivity contribution < 1.29 is 28.9 Å². The number of rotatable bonds is 2. The van der Waals surface area contributed by atoms with Crippen molar-refractivity contribution in [2.75, 3.05) is 20.8 Å². The third-order valence-electron chi connectivity index (χ3n) is 5.26. The van der Waals surface area contributed by atoms with Gasteiger partial charge in [-0.15, -0.1) is 0 Å². The maximum Gasteiger partial charge on any atom is 0.412 e. The largest absolute Gasteiger partial charge is 0.444 e. The summed E-state index contributed by atoms with van der Waals surface area (Å²) in [6.07, 6.45) is -0.384. The highest BCUT2D eigenvalue weighted by molar-refractivity contribution is 9.11. The summed E-state index contributed by atoms with van der Waals surface area (Å²) in [5, 5.41) is 11.4. The zero-order valence-corrected chi connectivity index (χ0v) is 17.4. The quantitative estimate of drug-likeness (QED) is 0.489. The summed E-state index contributed by atoms with van der Waals surface area (Å²) in [7, 11) is 2.83. The van der Waals surface area contributed by atoms with E-state index < -0.39 is 37.6 Å². The van der Waals surface area contributed by atoms with Gasteiger partial charge in [-0.05, 0) is 27.2 Å². The van der Waals surface area contributed by atoms with E-state index in [0.29, 0.717) is 6.42 Å². The number of alkyl halides is 2. The number of likely N-dealkylation sites (tertiary alicyclic amines) is 1. The molecule has 0 aromatic carbocycles. The molecule has 9 heteroatoms. The van der Waals surface area contributed by atoms with E-state index in [1.807, 2.05) is 0 Å². The van der Waals surface area contributed by atoms with Gasteiger partial charge in [0.05, 0.1) is 0 Å². The third-order valence-corrected chi connectivity index (χ3v) is 8.19. The Morgan fingerprint density at radius 3 is 2.25 bits per heavy atom. The molecule has 1 N–H and O–H groups in total. The number of ketones is 1. The molecule has 0 unspecified atom stereocenters. The van der Waals surface area contributed by atoms with Gasteiger partial charge in [-0.1, -0.05) is 31.9 Å². The zero-order chi connectivity index (χ0) is 18.3. The molecule has 2 aliphatic carbocycles. The summed E-state index contributed by atoms with van der Waals surface area (Å²) >= 11 is 7.00. The summed E-state index contributed by atoms with van der Waals surface area (Å²) in [6, 6.07) is 0. The van der Waals surface area contributed by atoms with Crippen LogP contribution in [0.15, 0.2) is 0 Å². The van der Waals surface area contributed by atoms with Crippen LogP contribution < -0.4 is 0 Å². The fraction of sp³-hybridized carbons (Fsp3) is 0.867. The summed E-state index contributed by atoms with van der Waals surface area (Å²) in [5.41, 5.74) is -2.88. The van der Waals surface area contributed by atoms with Crippen molar-refractivity contribution in [1.29, 1.82) is 0 Å². The van der Waals surface area contributed by atoms with Gasteiger partial charge in [0.2, 0.25) is 17.3 Å². The average molecular weight is 471 g/mol. The predicted molar refractivity (Wildman–Crippen MR) is 91.1 cm³/mol. The molecule has 0 aromatic heterocycles. The molecule has 3 fully saturated rings. The van der Waals surface area contributed by atoms with E-state index in [-0.39, 0.29) is 12.5 Å². The van der Waals surface area contributed by atoms with Crippen LogP contribution in [-0.2, 0) is 19.0 Å². The van der Waals surface area contributed by atoms with Gasteiger partial charge in [0.1, 0.15) is 14.2 Å². The number of hydrogen-bond donors (Lipinski definition) is 1. The van der Waals surface area contributed by atoms with Crippen LogP contribution in [0.2, 0.25) is 0 Å². The van der Waals surface area contributed by atoms with Crippen molar-refractivity contribution in [3.8, 4) is 0 Å². The fourth-order valence-electron chi connectivity index (χ4n) is 4.46. The predicted octanol–water partition coefficient (Wildman–Crippen LogP) is 1.78. The number of Topliss-reactive ketones (excluding diaryl/α,β-unsaturated/α-hetero) is 1. The Bertz CT molecular complexity index is 618. The fourth-order valence-corrected chi connectivity index (χ4v) is 7.39. The summed E-state index contributed by atoms with van der Waals surface area (Å²) in [5.74, 6) is -2.28. The highest BCUT2D eigenvalue weighted by atomic mass is 79.9. The Morgan fingerprint density at radius 2 is 1.83 bits per heavy atom. The highest BCUT2D eigenvalue weighted by Gasteiger charge is 2.94. The zero-order valence-electron chi connectivity index (χ0n) is 14.2. The number of methoxy groups -OCH3 is 2. The molecule has 3 aliphatic rings. The van der Waals surface area contributed by atoms with Gasteiger partial charge in [-0.3, -0.25) is 9.69 Å². The molecule has 2 saturated carbocycles. The number of fused-ring (bicyclic) bond motifs is 1. The number of ether oxygens (including phenoxy) is 3. The average Bonchev–Trinajstić information content (AvgIpc) is 2.81. The van der Waals surface area contributed by atoms with Crippen LogP contribution in [0.25, 0.3) is 0 Å². The Morgan fingerprint density at radius 1 is 1.29 bits per heavy atom. The lowest BCUT2D eigenvalue weighted by molar-refractivity contribution is -0.229. The number of nitrogens with zero attached hydrogens (tertiary/aromatic N) is 1. The van der Waals surface area contributed by atoms with Crippen LogP contribution in [-0.4, -0.2) is 68.4 Å². The molecular weight excluding hydrogens is 450 g/mol. The molecule has 1 saturated heterocycles. The minimum absolute atomic E-state index is 0.157. The first-order chi connectivity index (χ1) is 10.9. The van der Waals surface area contributed by atoms with Gasteiger partial charge < -0.3 is 19.3 Å². The number of hydrogen-bond acceptors (Lipinski definition) is 6. The molecule has 0 radical (unpaired) electrons. The minimum Gasteiger partial charge on any atom is -0.444 e. The van der Waals surface area contributed by atoms with Crippen molar-refractivity contribution in [1.82, 2.24) is 4.90 Å². The van der Waals surface area contributed by atoms with E-state index in [4.69, 9.17) is 14.2 Å². The van der Waals surface area contributed by atoms with Crippen LogP contribution in [0.3, 0.4) is 0 Å². The molecule has 2 bridgehead atoms. The third kappa shape index (κ3) is 1.68. The molecule has 136 valence electrons. The Kier molecular flexibility index (Phi) is 3.82. The van der Waals surface area contributed by atoms with Crippen molar-refractivity contribution >= 4 is 43.7 Å². The molecule has 7 nitrogen and oxygen atoms in total. The maximum atomic E-state index is 13.2. The number of carbonyl (C=O) groups is 2. The van der Waals surface area contributed by atoms with Crippen LogP contribution in [0.1, 0.15) is 27.2 Å². The van der Waals surface area contributed by atoms with Crippen LogP contribution in [0, 0.1) is 5.92 Å². The molecule has 3 rings (SSSR count). The van der Waals surface area contributed by atoms with Gasteiger partial charge in [-0.25, -0.2) is 4.79 Å². The van der Waals surface area contributed by atoms with Crippen LogP contribution in [0.5, 0.6) is 0 Å². The van der Waals surface area contributed by atoms with Gasteiger partial charge in [-0.2, -0.15) is 0 Å². The van der Waals surface area contributed by atoms with Crippen molar-refractivity contribution in [2.24, 2.45) is 5.92 Å². The molecule has 1 aliphatic heterocycles. The molecule has 4 atom stereocenters. The molecular formula is C15H21Br2NO6. The minimum atomic E-state index is -2.13. The van der Waals surface area contributed by atoms with E-state index in [0.717, 1.165) is 4.90 Å². The first-order valence-corrected chi connectivity index (χ1v) is 9.20. The Labute approximate surface area is 157 Å². The maximum absolute atomic E-state index is 13.2. The van der Waals surface area contributed by atoms with E-state index in [1.165, 1.54) is 14.2 Å². The normalized spacial score (nSPS) is 42.8. The second-order valence-electron chi connectivity index (χ2n) is 7.53. The topological polar surface area (TPSA) is 85.3 Å². The lowest BCUT2D eigenvalue weighted by atomic mass is 9.85. The van der Waals surface area contributed by atoms with Gasteiger partial charge in [0.25, 0.3) is 0 Å². The van der Waals surface area contributed by atoms with Gasteiger partial charge in [0.15, 0.2) is 0 Å². The summed E-state index contributed by atoms with van der Waals surface area (Å²) in [6.45, 7) is 5.33. The van der Waals surface area contributed by atoms with E-state index in [9.17, 15) is 14.7 Å². The van der Waals surface area contributed by atoms with Crippen molar-refractivity contribution in [3.05, 3.63) is 0 Å². The van der Waals surface area contributed by atoms with Crippen LogP contribution >= 0.6 is 31.9 Å². The summed E-state index contributed by atoms with van der Waals surface area (Å²) < 4.78 is 14.0. The number of halogens is 2. The van der Waals surface area contributed by atoms with Crippen molar-refractivity contribution in [3.63, 3.8) is 0 Å². The molecule has 24 heavy (non-hydrogen) atoms. The first-order valence-electron chi connectivity index (χ1n) is 7.61. The van der Waals surface area contributed by atoms with Gasteiger partial charge in [0, 0.05) is 26.7 Å². The second-order valence-corrected chi connectivity index (χ2v) is 10.1. The lowest BCUT2D eigenvalue weighted by Crippen LogP contribution is -2.64. The van der Waals surface area contributed by atoms with Crippen LogP contribution in [0.4, 0.5) is 4.79 Å². The SMILES string of the molecule is COC1(OC)[C@]2(Br)C[C@H]3CN(C(=O)OC(C)(C)C)[C@@](O)(C2=O)[C@]31Br. The standard InChI is InChI=1S/C15H21Br2NO6/c1-11(2,3)24-10(20)18-7-8-6-12(16)9(19)14(18,21)13(8,17)15(12,22-4)23-5/h8,21H,6-7H2,1-5H3/t8-,12-,13+,14+/m0/s1. The number of carbonyl (C=O) groups excluding carboxylic acids is 2. The smallest absolute Gasteiger partial charge is 0.412 e. The second kappa shape index (κ2) is 4.94. The molecule has 1 heterocycles. The van der Waals surface area contributed by atoms with E-state index in [2.05, 4.69) is 31.9 Å². The van der Waals surface area contributed by atoms with Gasteiger partial charge >= 0.3 is 6.09 Å². The number of amides is 1. The molecule has 1 amide bonds.